The number of nitrogens with one attached hydrogen (secondary N) is 2. The number of aliphatic hydroxyl groups excluding tert-OH is 1. The summed E-state index contributed by atoms with van der Waals surface area (Å²) in [6, 6.07) is 4.79. The Morgan fingerprint density at radius 1 is 1.33 bits per heavy atom. The van der Waals surface area contributed by atoms with Crippen LogP contribution in [0.1, 0.15) is 21.6 Å². The number of aryl methyl sites for hydroxylation is 1. The topological polar surface area (TPSA) is 96.2 Å². The van der Waals surface area contributed by atoms with Crippen LogP contribution in [0.4, 0.5) is 4.39 Å². The summed E-state index contributed by atoms with van der Waals surface area (Å²) in [7, 11) is 0. The van der Waals surface area contributed by atoms with Gasteiger partial charge in [0.1, 0.15) is 18.1 Å². The minimum atomic E-state index is -0.418. The fourth-order valence-electron chi connectivity index (χ4n) is 1.99. The molecule has 0 atom stereocenters. The predicted octanol–water partition coefficient (Wildman–Crippen LogP) is 0.369. The van der Waals surface area contributed by atoms with Gasteiger partial charge in [-0.05, 0) is 24.1 Å². The monoisotopic (exact) mass is 334 g/mol. The Hall–Kier alpha value is -2.74. The fraction of sp³-hybridized carbons (Fsp3) is 0.312. The van der Waals surface area contributed by atoms with Crippen LogP contribution in [0.2, 0.25) is 0 Å². The molecule has 0 fully saturated rings. The first kappa shape index (κ1) is 17.6. The lowest BCUT2D eigenvalue weighted by Gasteiger charge is -2.07. The largest absolute Gasteiger partial charge is 0.395 e. The molecule has 1 aromatic heterocycles. The Bertz CT molecular complexity index is 730. The summed E-state index contributed by atoms with van der Waals surface area (Å²) in [5, 5.41) is 13.8. The third-order valence-corrected chi connectivity index (χ3v) is 3.32. The van der Waals surface area contributed by atoms with E-state index in [2.05, 4.69) is 15.6 Å². The minimum absolute atomic E-state index is 0.00533. The van der Waals surface area contributed by atoms with E-state index < -0.39 is 5.91 Å². The fourth-order valence-corrected chi connectivity index (χ4v) is 1.99. The van der Waals surface area contributed by atoms with E-state index in [1.54, 1.807) is 19.1 Å². The van der Waals surface area contributed by atoms with E-state index in [0.717, 1.165) is 0 Å². The zero-order valence-corrected chi connectivity index (χ0v) is 13.3. The van der Waals surface area contributed by atoms with Crippen molar-refractivity contribution in [3.8, 4) is 0 Å². The van der Waals surface area contributed by atoms with Crippen LogP contribution in [0.15, 0.2) is 30.7 Å². The van der Waals surface area contributed by atoms with Gasteiger partial charge in [-0.15, -0.1) is 0 Å². The van der Waals surface area contributed by atoms with Crippen LogP contribution in [0.3, 0.4) is 0 Å². The van der Waals surface area contributed by atoms with Crippen molar-refractivity contribution in [2.45, 2.75) is 20.0 Å². The van der Waals surface area contributed by atoms with Crippen molar-refractivity contribution in [3.05, 3.63) is 53.4 Å². The number of imidazole rings is 1. The second kappa shape index (κ2) is 8.21. The van der Waals surface area contributed by atoms with Crippen molar-refractivity contribution in [2.75, 3.05) is 13.2 Å². The molecule has 128 valence electrons. The van der Waals surface area contributed by atoms with Crippen molar-refractivity contribution in [3.63, 3.8) is 0 Å². The summed E-state index contributed by atoms with van der Waals surface area (Å²) in [4.78, 5) is 27.4. The Labute approximate surface area is 138 Å². The van der Waals surface area contributed by atoms with Gasteiger partial charge in [-0.25, -0.2) is 9.37 Å². The Balaban J connectivity index is 1.85. The van der Waals surface area contributed by atoms with Crippen molar-refractivity contribution in [1.82, 2.24) is 20.2 Å². The van der Waals surface area contributed by atoms with Crippen LogP contribution in [-0.2, 0) is 17.9 Å². The van der Waals surface area contributed by atoms with Crippen LogP contribution in [0.5, 0.6) is 0 Å². The van der Waals surface area contributed by atoms with Gasteiger partial charge >= 0.3 is 0 Å². The lowest BCUT2D eigenvalue weighted by atomic mass is 10.1. The smallest absolute Gasteiger partial charge is 0.271 e. The minimum Gasteiger partial charge on any atom is -0.395 e. The van der Waals surface area contributed by atoms with Gasteiger partial charge in [-0.3, -0.25) is 9.59 Å². The maximum atomic E-state index is 13.4. The zero-order valence-electron chi connectivity index (χ0n) is 13.3. The van der Waals surface area contributed by atoms with Gasteiger partial charge < -0.3 is 20.3 Å². The second-order valence-corrected chi connectivity index (χ2v) is 5.27. The van der Waals surface area contributed by atoms with Crippen LogP contribution in [0, 0.1) is 12.7 Å². The molecule has 0 aliphatic rings. The van der Waals surface area contributed by atoms with Gasteiger partial charge in [0, 0.05) is 19.3 Å². The molecule has 2 aromatic rings. The number of carbonyl (C=O) groups excluding carboxylic acids is 2. The number of amides is 2. The average Bonchev–Trinajstić information content (AvgIpc) is 3.02. The van der Waals surface area contributed by atoms with Crippen LogP contribution >= 0.6 is 0 Å². The van der Waals surface area contributed by atoms with E-state index in [4.69, 9.17) is 5.11 Å². The Morgan fingerprint density at radius 2 is 2.12 bits per heavy atom. The number of hydrogen-bond acceptors (Lipinski definition) is 4. The number of nitrogens with zero attached hydrogens (tertiary/aromatic N) is 2. The molecule has 0 saturated heterocycles. The summed E-state index contributed by atoms with van der Waals surface area (Å²) in [5.41, 5.74) is 1.38. The zero-order chi connectivity index (χ0) is 17.5. The summed E-state index contributed by atoms with van der Waals surface area (Å²) in [6.45, 7) is 1.86. The lowest BCUT2D eigenvalue weighted by Crippen LogP contribution is -2.27. The van der Waals surface area contributed by atoms with Gasteiger partial charge in [-0.2, -0.15) is 0 Å². The lowest BCUT2D eigenvalue weighted by molar-refractivity contribution is -0.121. The van der Waals surface area contributed by atoms with Gasteiger partial charge in [0.2, 0.25) is 5.91 Å². The van der Waals surface area contributed by atoms with Gasteiger partial charge in [0.05, 0.1) is 12.9 Å². The summed E-state index contributed by atoms with van der Waals surface area (Å²) < 4.78 is 14.9. The molecule has 0 aliphatic carbocycles. The predicted molar refractivity (Wildman–Crippen MR) is 84.6 cm³/mol. The highest BCUT2D eigenvalue weighted by Crippen LogP contribution is 2.08. The number of aliphatic hydroxyl groups is 1. The summed E-state index contributed by atoms with van der Waals surface area (Å²) in [6.07, 6.45) is 2.82. The number of rotatable bonds is 7. The average molecular weight is 334 g/mol. The molecule has 3 N–H and O–H groups in total. The molecule has 1 heterocycles. The third kappa shape index (κ3) is 4.88. The molecule has 0 saturated carbocycles. The van der Waals surface area contributed by atoms with Crippen molar-refractivity contribution < 1.29 is 19.1 Å². The molecule has 0 unspecified atom stereocenters. The van der Waals surface area contributed by atoms with Crippen molar-refractivity contribution >= 4 is 11.8 Å². The van der Waals surface area contributed by atoms with Crippen LogP contribution in [-0.4, -0.2) is 39.6 Å². The normalized spacial score (nSPS) is 10.5. The van der Waals surface area contributed by atoms with Gasteiger partial charge in [-0.1, -0.05) is 12.1 Å². The first-order valence-corrected chi connectivity index (χ1v) is 7.42. The first-order chi connectivity index (χ1) is 11.5. The quantitative estimate of drug-likeness (QED) is 0.681. The van der Waals surface area contributed by atoms with E-state index in [9.17, 15) is 14.0 Å². The number of hydrogen-bond donors (Lipinski definition) is 3. The van der Waals surface area contributed by atoms with Crippen LogP contribution < -0.4 is 10.6 Å². The molecule has 0 bridgehead atoms. The molecule has 0 aliphatic heterocycles. The number of halogens is 1. The van der Waals surface area contributed by atoms with E-state index >= 15 is 0 Å². The molecule has 1 aromatic carbocycles. The molecular formula is C16H19FN4O3. The van der Waals surface area contributed by atoms with Crippen molar-refractivity contribution in [2.24, 2.45) is 0 Å². The molecule has 24 heavy (non-hydrogen) atoms. The first-order valence-electron chi connectivity index (χ1n) is 7.42. The van der Waals surface area contributed by atoms with E-state index in [1.165, 1.54) is 23.2 Å². The molecular weight excluding hydrogens is 315 g/mol. The second-order valence-electron chi connectivity index (χ2n) is 5.27. The number of aromatic nitrogens is 2. The molecule has 7 nitrogen and oxygen atoms in total. The number of benzene rings is 1. The standard InChI is InChI=1S/C16H19FN4O3/c1-11-2-3-12(6-13(11)17)7-19-15(23)9-21-8-14(20-10-21)16(24)18-4-5-22/h2-3,6,8,10,22H,4-5,7,9H2,1H3,(H,18,24)(H,19,23). The number of carbonyl (C=O) groups is 2. The highest BCUT2D eigenvalue weighted by atomic mass is 19.1. The molecule has 0 spiro atoms. The summed E-state index contributed by atoms with van der Waals surface area (Å²) in [5.74, 6) is -1.01. The SMILES string of the molecule is Cc1ccc(CNC(=O)Cn2cnc(C(=O)NCCO)c2)cc1F. The molecule has 0 radical (unpaired) electrons. The van der Waals surface area contributed by atoms with Gasteiger partial charge in [0.25, 0.3) is 5.91 Å². The van der Waals surface area contributed by atoms with Crippen molar-refractivity contribution in [1.29, 1.82) is 0 Å². The molecule has 2 rings (SSSR count). The van der Waals surface area contributed by atoms with E-state index in [-0.39, 0.29) is 43.7 Å². The Morgan fingerprint density at radius 3 is 2.83 bits per heavy atom. The van der Waals surface area contributed by atoms with Crippen LogP contribution in [0.25, 0.3) is 0 Å². The van der Waals surface area contributed by atoms with E-state index in [0.29, 0.717) is 11.1 Å². The Kier molecular flexibility index (Phi) is 6.02. The highest BCUT2D eigenvalue weighted by molar-refractivity contribution is 5.92. The molecule has 2 amide bonds. The maximum Gasteiger partial charge on any atom is 0.271 e. The maximum absolute atomic E-state index is 13.4. The molecule has 8 heteroatoms. The highest BCUT2D eigenvalue weighted by Gasteiger charge is 2.10. The van der Waals surface area contributed by atoms with Gasteiger partial charge in [0.15, 0.2) is 0 Å². The third-order valence-electron chi connectivity index (χ3n) is 3.32. The summed E-state index contributed by atoms with van der Waals surface area (Å²) >= 11 is 0. The van der Waals surface area contributed by atoms with E-state index in [1.807, 2.05) is 0 Å².